The van der Waals surface area contributed by atoms with E-state index in [0.29, 0.717) is 36.8 Å². The molecular weight excluding hydrogens is 363 g/mol. The van der Waals surface area contributed by atoms with E-state index in [1.54, 1.807) is 24.0 Å². The van der Waals surface area contributed by atoms with Crippen molar-refractivity contribution in [2.75, 3.05) is 30.3 Å². The Balaban J connectivity index is 1.50. The summed E-state index contributed by atoms with van der Waals surface area (Å²) in [5.74, 6) is 0.00417. The normalized spacial score (nSPS) is 14.4. The first kappa shape index (κ1) is 19.6. The van der Waals surface area contributed by atoms with Crippen molar-refractivity contribution in [1.29, 1.82) is 0 Å². The number of hydrogen-bond donors (Lipinski definition) is 2. The summed E-state index contributed by atoms with van der Waals surface area (Å²) in [6.45, 7) is 3.44. The Kier molecular flexibility index (Phi) is 6.41. The van der Waals surface area contributed by atoms with E-state index in [-0.39, 0.29) is 23.9 Å². The molecule has 1 aromatic heterocycles. The lowest BCUT2D eigenvalue weighted by Gasteiger charge is -2.31. The number of ether oxygens (including phenoxy) is 1. The van der Waals surface area contributed by atoms with Crippen molar-refractivity contribution in [2.24, 2.45) is 0 Å². The predicted molar refractivity (Wildman–Crippen MR) is 104 cm³/mol. The summed E-state index contributed by atoms with van der Waals surface area (Å²) in [4.78, 5) is 30.0. The van der Waals surface area contributed by atoms with Crippen LogP contribution in [0.2, 0.25) is 0 Å². The molecule has 0 unspecified atom stereocenters. The third-order valence-corrected chi connectivity index (χ3v) is 4.50. The molecule has 0 spiro atoms. The number of likely N-dealkylation sites (tertiary alicyclic amines) is 1. The molecule has 1 aliphatic rings. The van der Waals surface area contributed by atoms with Crippen LogP contribution >= 0.6 is 0 Å². The number of nitrogens with zero attached hydrogens (tertiary/aromatic N) is 2. The van der Waals surface area contributed by atoms with E-state index >= 15 is 0 Å². The van der Waals surface area contributed by atoms with E-state index in [2.05, 4.69) is 15.6 Å². The van der Waals surface area contributed by atoms with Gasteiger partial charge in [0.25, 0.3) is 5.91 Å². The fraction of sp³-hybridized carbons (Fsp3) is 0.350. The van der Waals surface area contributed by atoms with Gasteiger partial charge in [0.05, 0.1) is 12.2 Å². The highest BCUT2D eigenvalue weighted by Crippen LogP contribution is 2.17. The van der Waals surface area contributed by atoms with Crippen LogP contribution in [0.1, 0.15) is 30.1 Å². The van der Waals surface area contributed by atoms with Gasteiger partial charge in [0, 0.05) is 31.0 Å². The van der Waals surface area contributed by atoms with Gasteiger partial charge in [0.1, 0.15) is 11.6 Å². The smallest absolute Gasteiger partial charge is 0.409 e. The minimum Gasteiger partial charge on any atom is -0.450 e. The van der Waals surface area contributed by atoms with E-state index in [0.717, 1.165) is 12.8 Å². The van der Waals surface area contributed by atoms with E-state index in [1.165, 1.54) is 30.5 Å². The second-order valence-electron chi connectivity index (χ2n) is 6.50. The van der Waals surface area contributed by atoms with E-state index in [9.17, 15) is 14.0 Å². The van der Waals surface area contributed by atoms with Gasteiger partial charge in [-0.1, -0.05) is 0 Å². The maximum Gasteiger partial charge on any atom is 0.409 e. The molecule has 0 radical (unpaired) electrons. The van der Waals surface area contributed by atoms with Crippen LogP contribution in [-0.4, -0.2) is 47.6 Å². The number of rotatable bonds is 5. The van der Waals surface area contributed by atoms with Crippen molar-refractivity contribution in [3.8, 4) is 0 Å². The summed E-state index contributed by atoms with van der Waals surface area (Å²) < 4.78 is 17.9. The van der Waals surface area contributed by atoms with E-state index in [1.807, 2.05) is 0 Å². The first-order chi connectivity index (χ1) is 13.5. The molecule has 28 heavy (non-hydrogen) atoms. The SMILES string of the molecule is CCOC(=O)N1CCC(Nc2ccc(C(=O)Nc3ccc(F)cc3)cn2)CC1. The van der Waals surface area contributed by atoms with Gasteiger partial charge in [-0.15, -0.1) is 0 Å². The van der Waals surface area contributed by atoms with Gasteiger partial charge in [0.2, 0.25) is 0 Å². The molecule has 0 aliphatic carbocycles. The molecule has 0 saturated carbocycles. The summed E-state index contributed by atoms with van der Waals surface area (Å²) in [6.07, 6.45) is 2.82. The molecule has 7 nitrogen and oxygen atoms in total. The summed E-state index contributed by atoms with van der Waals surface area (Å²) >= 11 is 0. The number of amides is 2. The van der Waals surface area contributed by atoms with Crippen LogP contribution < -0.4 is 10.6 Å². The number of pyridine rings is 1. The van der Waals surface area contributed by atoms with Crippen LogP contribution in [0.4, 0.5) is 20.7 Å². The topological polar surface area (TPSA) is 83.6 Å². The molecule has 2 aromatic rings. The number of nitrogens with one attached hydrogen (secondary N) is 2. The van der Waals surface area contributed by atoms with Crippen molar-refractivity contribution < 1.29 is 18.7 Å². The largest absolute Gasteiger partial charge is 0.450 e. The van der Waals surface area contributed by atoms with E-state index < -0.39 is 0 Å². The predicted octanol–water partition coefficient (Wildman–Crippen LogP) is 3.51. The molecule has 0 bridgehead atoms. The zero-order chi connectivity index (χ0) is 19.9. The third-order valence-electron chi connectivity index (χ3n) is 4.50. The van der Waals surface area contributed by atoms with E-state index in [4.69, 9.17) is 4.74 Å². The quantitative estimate of drug-likeness (QED) is 0.822. The second-order valence-corrected chi connectivity index (χ2v) is 6.50. The average Bonchev–Trinajstić information content (AvgIpc) is 2.71. The lowest BCUT2D eigenvalue weighted by atomic mass is 10.1. The lowest BCUT2D eigenvalue weighted by Crippen LogP contribution is -2.42. The number of anilines is 2. The number of piperidine rings is 1. The molecule has 1 saturated heterocycles. The number of carbonyl (C=O) groups excluding carboxylic acids is 2. The maximum absolute atomic E-state index is 12.9. The highest BCUT2D eigenvalue weighted by atomic mass is 19.1. The van der Waals surface area contributed by atoms with Gasteiger partial charge in [0.15, 0.2) is 0 Å². The fourth-order valence-electron chi connectivity index (χ4n) is 2.98. The molecule has 2 heterocycles. The highest BCUT2D eigenvalue weighted by Gasteiger charge is 2.23. The van der Waals surface area contributed by atoms with Gasteiger partial charge in [-0.2, -0.15) is 0 Å². The molecule has 8 heteroatoms. The first-order valence-electron chi connectivity index (χ1n) is 9.26. The third kappa shape index (κ3) is 5.18. The minimum absolute atomic E-state index is 0.206. The Morgan fingerprint density at radius 2 is 1.89 bits per heavy atom. The van der Waals surface area contributed by atoms with Crippen molar-refractivity contribution in [3.05, 3.63) is 54.0 Å². The standard InChI is InChI=1S/C20H23FN4O3/c1-2-28-20(27)25-11-9-17(10-12-25)23-18-8-3-14(13-22-18)19(26)24-16-6-4-15(21)5-7-16/h3-8,13,17H,2,9-12H2,1H3,(H,22,23)(H,24,26). The molecule has 2 N–H and O–H groups in total. The number of hydrogen-bond acceptors (Lipinski definition) is 5. The fourth-order valence-corrected chi connectivity index (χ4v) is 2.98. The minimum atomic E-state index is -0.358. The second kappa shape index (κ2) is 9.16. The van der Waals surface area contributed by atoms with Crippen LogP contribution in [0.5, 0.6) is 0 Å². The Morgan fingerprint density at radius 3 is 2.50 bits per heavy atom. The Morgan fingerprint density at radius 1 is 1.18 bits per heavy atom. The molecule has 3 rings (SSSR count). The molecule has 0 atom stereocenters. The van der Waals surface area contributed by atoms with Gasteiger partial charge in [-0.25, -0.2) is 14.2 Å². The molecule has 1 aromatic carbocycles. The van der Waals surface area contributed by atoms with Crippen LogP contribution in [-0.2, 0) is 4.74 Å². The number of halogens is 1. The Hall–Kier alpha value is -3.16. The monoisotopic (exact) mass is 386 g/mol. The molecule has 2 amide bonds. The van der Waals surface area contributed by atoms with Crippen LogP contribution in [0.25, 0.3) is 0 Å². The zero-order valence-corrected chi connectivity index (χ0v) is 15.7. The van der Waals surface area contributed by atoms with Crippen LogP contribution in [0.3, 0.4) is 0 Å². The van der Waals surface area contributed by atoms with Crippen LogP contribution in [0.15, 0.2) is 42.6 Å². The van der Waals surface area contributed by atoms with Crippen molar-refractivity contribution in [2.45, 2.75) is 25.8 Å². The van der Waals surface area contributed by atoms with Gasteiger partial charge in [-0.05, 0) is 56.2 Å². The molecule has 1 aliphatic heterocycles. The molecule has 148 valence electrons. The summed E-state index contributed by atoms with van der Waals surface area (Å²) in [6, 6.07) is 9.21. The highest BCUT2D eigenvalue weighted by molar-refractivity contribution is 6.04. The Bertz CT molecular complexity index is 803. The number of aromatic nitrogens is 1. The van der Waals surface area contributed by atoms with Crippen molar-refractivity contribution in [3.63, 3.8) is 0 Å². The van der Waals surface area contributed by atoms with Crippen molar-refractivity contribution >= 4 is 23.5 Å². The first-order valence-corrected chi connectivity index (χ1v) is 9.26. The van der Waals surface area contributed by atoms with Gasteiger partial charge >= 0.3 is 6.09 Å². The van der Waals surface area contributed by atoms with Gasteiger partial charge < -0.3 is 20.3 Å². The Labute approximate surface area is 162 Å². The number of carbonyl (C=O) groups is 2. The number of benzene rings is 1. The summed E-state index contributed by atoms with van der Waals surface area (Å²) in [7, 11) is 0. The molecular formula is C20H23FN4O3. The summed E-state index contributed by atoms with van der Waals surface area (Å²) in [5, 5.41) is 6.03. The molecule has 1 fully saturated rings. The zero-order valence-electron chi connectivity index (χ0n) is 15.7. The average molecular weight is 386 g/mol. The maximum atomic E-state index is 12.9. The summed E-state index contributed by atoms with van der Waals surface area (Å²) in [5.41, 5.74) is 0.925. The lowest BCUT2D eigenvalue weighted by molar-refractivity contribution is 0.0982. The van der Waals surface area contributed by atoms with Crippen LogP contribution in [0, 0.1) is 5.82 Å². The van der Waals surface area contributed by atoms with Gasteiger partial charge in [-0.3, -0.25) is 4.79 Å². The van der Waals surface area contributed by atoms with Crippen molar-refractivity contribution in [1.82, 2.24) is 9.88 Å².